The predicted octanol–water partition coefficient (Wildman–Crippen LogP) is 1.61. The molecule has 1 aliphatic rings. The number of pyridine rings is 1. The molecule has 1 amide bonds. The summed E-state index contributed by atoms with van der Waals surface area (Å²) in [6, 6.07) is 5.94. The minimum absolute atomic E-state index is 0. The van der Waals surface area contributed by atoms with Crippen LogP contribution in [0.5, 0.6) is 0 Å². The zero-order chi connectivity index (χ0) is 14.9. The Balaban J connectivity index is 0.00000132. The second kappa shape index (κ2) is 7.97. The van der Waals surface area contributed by atoms with Crippen LogP contribution in [0.2, 0.25) is 0 Å². The third kappa shape index (κ3) is 4.14. The molecule has 0 atom stereocenters. The van der Waals surface area contributed by atoms with E-state index >= 15 is 0 Å². The standard InChI is InChI=1S/C15H20N4O2.2ClH/c1-11-3-2-4-13-18-12(10-19(11)13)9-17-14(20)15(16)5-7-21-8-6-15;;/h2-4,10H,5-9,16H2,1H3,(H,17,20);2*1H. The van der Waals surface area contributed by atoms with Gasteiger partial charge in [0.15, 0.2) is 0 Å². The summed E-state index contributed by atoms with van der Waals surface area (Å²) < 4.78 is 7.26. The van der Waals surface area contributed by atoms with E-state index < -0.39 is 5.54 Å². The summed E-state index contributed by atoms with van der Waals surface area (Å²) in [6.07, 6.45) is 3.06. The fourth-order valence-corrected chi connectivity index (χ4v) is 2.59. The number of amides is 1. The highest BCUT2D eigenvalue weighted by molar-refractivity contribution is 5.86. The minimum atomic E-state index is -0.812. The Morgan fingerprint density at radius 3 is 2.74 bits per heavy atom. The number of nitrogens with two attached hydrogens (primary N) is 1. The molecule has 0 aromatic carbocycles. The normalized spacial score (nSPS) is 16.3. The van der Waals surface area contributed by atoms with Crippen LogP contribution < -0.4 is 11.1 Å². The lowest BCUT2D eigenvalue weighted by molar-refractivity contribution is -0.129. The monoisotopic (exact) mass is 360 g/mol. The Morgan fingerprint density at radius 1 is 1.39 bits per heavy atom. The third-order valence-electron chi connectivity index (χ3n) is 4.01. The zero-order valence-electron chi connectivity index (χ0n) is 12.9. The molecule has 6 nitrogen and oxygen atoms in total. The van der Waals surface area contributed by atoms with Gasteiger partial charge in [0, 0.05) is 25.1 Å². The Morgan fingerprint density at radius 2 is 2.09 bits per heavy atom. The molecular formula is C15H22Cl2N4O2. The van der Waals surface area contributed by atoms with Crippen molar-refractivity contribution in [1.82, 2.24) is 14.7 Å². The Bertz CT molecular complexity index is 669. The quantitative estimate of drug-likeness (QED) is 0.870. The summed E-state index contributed by atoms with van der Waals surface area (Å²) in [5.74, 6) is -0.125. The zero-order valence-corrected chi connectivity index (χ0v) is 14.6. The molecule has 0 spiro atoms. The van der Waals surface area contributed by atoms with E-state index in [9.17, 15) is 4.79 Å². The van der Waals surface area contributed by atoms with Crippen molar-refractivity contribution in [3.63, 3.8) is 0 Å². The van der Waals surface area contributed by atoms with Gasteiger partial charge in [-0.15, -0.1) is 24.8 Å². The lowest BCUT2D eigenvalue weighted by Crippen LogP contribution is -2.56. The average Bonchev–Trinajstić information content (AvgIpc) is 2.90. The topological polar surface area (TPSA) is 81.7 Å². The summed E-state index contributed by atoms with van der Waals surface area (Å²) in [7, 11) is 0. The first-order valence-electron chi connectivity index (χ1n) is 7.17. The van der Waals surface area contributed by atoms with Crippen LogP contribution in [-0.2, 0) is 16.1 Å². The summed E-state index contributed by atoms with van der Waals surface area (Å²) in [5, 5.41) is 2.89. The summed E-state index contributed by atoms with van der Waals surface area (Å²) in [6.45, 7) is 3.49. The molecule has 0 bridgehead atoms. The van der Waals surface area contributed by atoms with E-state index in [1.807, 2.05) is 35.7 Å². The molecule has 0 aliphatic carbocycles. The lowest BCUT2D eigenvalue weighted by atomic mass is 9.90. The Kier molecular flexibility index (Phi) is 6.83. The number of ether oxygens (including phenoxy) is 1. The van der Waals surface area contributed by atoms with Crippen molar-refractivity contribution in [1.29, 1.82) is 0 Å². The van der Waals surface area contributed by atoms with Gasteiger partial charge in [-0.05, 0) is 31.9 Å². The van der Waals surface area contributed by atoms with Crippen molar-refractivity contribution in [2.45, 2.75) is 31.8 Å². The fraction of sp³-hybridized carbons (Fsp3) is 0.467. The highest BCUT2D eigenvalue weighted by Gasteiger charge is 2.35. The number of imidazole rings is 1. The first-order valence-corrected chi connectivity index (χ1v) is 7.17. The van der Waals surface area contributed by atoms with Crippen molar-refractivity contribution in [2.24, 2.45) is 5.73 Å². The maximum Gasteiger partial charge on any atom is 0.240 e. The van der Waals surface area contributed by atoms with Gasteiger partial charge in [0.1, 0.15) is 5.65 Å². The average molecular weight is 361 g/mol. The number of nitrogens with zero attached hydrogens (tertiary/aromatic N) is 2. The number of carbonyl (C=O) groups is 1. The molecule has 0 saturated carbocycles. The van der Waals surface area contributed by atoms with Crippen molar-refractivity contribution < 1.29 is 9.53 Å². The van der Waals surface area contributed by atoms with Crippen molar-refractivity contribution in [3.8, 4) is 0 Å². The molecular weight excluding hydrogens is 339 g/mol. The molecule has 1 saturated heterocycles. The minimum Gasteiger partial charge on any atom is -0.381 e. The first kappa shape index (κ1) is 19.7. The Hall–Kier alpha value is -1.34. The molecule has 3 rings (SSSR count). The van der Waals surface area contributed by atoms with E-state index in [0.717, 1.165) is 17.0 Å². The smallest absolute Gasteiger partial charge is 0.240 e. The SMILES string of the molecule is Cc1cccc2nc(CNC(=O)C3(N)CCOCC3)cn12.Cl.Cl. The molecule has 0 unspecified atom stereocenters. The second-order valence-corrected chi connectivity index (χ2v) is 5.58. The molecule has 3 heterocycles. The molecule has 2 aromatic rings. The second-order valence-electron chi connectivity index (χ2n) is 5.58. The first-order chi connectivity index (χ1) is 10.1. The lowest BCUT2D eigenvalue weighted by Gasteiger charge is -2.31. The van der Waals surface area contributed by atoms with Crippen LogP contribution in [-0.4, -0.2) is 34.0 Å². The molecule has 128 valence electrons. The largest absolute Gasteiger partial charge is 0.381 e. The van der Waals surface area contributed by atoms with Crippen LogP contribution in [0.15, 0.2) is 24.4 Å². The fourth-order valence-electron chi connectivity index (χ4n) is 2.59. The molecule has 3 N–H and O–H groups in total. The summed E-state index contributed by atoms with van der Waals surface area (Å²) in [5.41, 5.74) is 8.15. The number of aromatic nitrogens is 2. The van der Waals surface area contributed by atoms with E-state index in [-0.39, 0.29) is 30.7 Å². The van der Waals surface area contributed by atoms with Gasteiger partial charge >= 0.3 is 0 Å². The van der Waals surface area contributed by atoms with Crippen molar-refractivity contribution >= 4 is 36.4 Å². The number of aryl methyl sites for hydroxylation is 1. The van der Waals surface area contributed by atoms with E-state index in [1.54, 1.807) is 0 Å². The van der Waals surface area contributed by atoms with E-state index in [4.69, 9.17) is 10.5 Å². The van der Waals surface area contributed by atoms with Gasteiger partial charge in [-0.1, -0.05) is 6.07 Å². The van der Waals surface area contributed by atoms with Gasteiger partial charge in [0.2, 0.25) is 5.91 Å². The maximum absolute atomic E-state index is 12.2. The highest BCUT2D eigenvalue weighted by atomic mass is 35.5. The molecule has 1 fully saturated rings. The number of nitrogens with one attached hydrogen (secondary N) is 1. The summed E-state index contributed by atoms with van der Waals surface area (Å²) in [4.78, 5) is 16.7. The number of rotatable bonds is 3. The van der Waals surface area contributed by atoms with Gasteiger partial charge in [-0.2, -0.15) is 0 Å². The summed E-state index contributed by atoms with van der Waals surface area (Å²) >= 11 is 0. The number of hydrogen-bond donors (Lipinski definition) is 2. The van der Waals surface area contributed by atoms with Crippen LogP contribution in [0.1, 0.15) is 24.2 Å². The van der Waals surface area contributed by atoms with Crippen LogP contribution in [0.4, 0.5) is 0 Å². The molecule has 1 aliphatic heterocycles. The molecule has 8 heteroatoms. The number of fused-ring (bicyclic) bond motifs is 1. The molecule has 2 aromatic heterocycles. The van der Waals surface area contributed by atoms with Gasteiger partial charge in [-0.3, -0.25) is 4.79 Å². The van der Waals surface area contributed by atoms with E-state index in [1.165, 1.54) is 0 Å². The highest BCUT2D eigenvalue weighted by Crippen LogP contribution is 2.18. The maximum atomic E-state index is 12.2. The van der Waals surface area contributed by atoms with Crippen molar-refractivity contribution in [3.05, 3.63) is 35.8 Å². The van der Waals surface area contributed by atoms with Gasteiger partial charge in [-0.25, -0.2) is 4.98 Å². The molecule has 0 radical (unpaired) electrons. The number of halogens is 2. The number of hydrogen-bond acceptors (Lipinski definition) is 4. The van der Waals surface area contributed by atoms with Crippen molar-refractivity contribution in [2.75, 3.05) is 13.2 Å². The van der Waals surface area contributed by atoms with E-state index in [2.05, 4.69) is 10.3 Å². The van der Waals surface area contributed by atoms with Gasteiger partial charge in [0.25, 0.3) is 0 Å². The van der Waals surface area contributed by atoms with Crippen LogP contribution in [0.25, 0.3) is 5.65 Å². The Labute approximate surface area is 147 Å². The van der Waals surface area contributed by atoms with Crippen LogP contribution in [0, 0.1) is 6.92 Å². The van der Waals surface area contributed by atoms with Gasteiger partial charge in [0.05, 0.1) is 17.8 Å². The van der Waals surface area contributed by atoms with E-state index in [0.29, 0.717) is 32.6 Å². The van der Waals surface area contributed by atoms with Crippen LogP contribution >= 0.6 is 24.8 Å². The molecule has 23 heavy (non-hydrogen) atoms. The van der Waals surface area contributed by atoms with Crippen LogP contribution in [0.3, 0.4) is 0 Å². The number of carbonyl (C=O) groups excluding carboxylic acids is 1. The van der Waals surface area contributed by atoms with Gasteiger partial charge < -0.3 is 20.2 Å². The third-order valence-corrected chi connectivity index (χ3v) is 4.01. The predicted molar refractivity (Wildman–Crippen MR) is 93.2 cm³/mol.